The minimum absolute atomic E-state index is 0.148. The van der Waals surface area contributed by atoms with E-state index in [4.69, 9.17) is 4.98 Å². The van der Waals surface area contributed by atoms with Crippen molar-refractivity contribution in [2.45, 2.75) is 31.6 Å². The van der Waals surface area contributed by atoms with Gasteiger partial charge in [0.05, 0.1) is 4.88 Å². The van der Waals surface area contributed by atoms with Gasteiger partial charge < -0.3 is 5.32 Å². The molecular formula is C14H20N4S. The van der Waals surface area contributed by atoms with Gasteiger partial charge in [0.1, 0.15) is 5.82 Å². The summed E-state index contributed by atoms with van der Waals surface area (Å²) in [7, 11) is 2.02. The first-order valence-corrected chi connectivity index (χ1v) is 7.79. The number of thiophene rings is 1. The molecule has 4 nitrogen and oxygen atoms in total. The van der Waals surface area contributed by atoms with Gasteiger partial charge in [0, 0.05) is 19.0 Å². The summed E-state index contributed by atoms with van der Waals surface area (Å²) in [5, 5.41) is 10.2. The molecule has 1 fully saturated rings. The zero-order valence-electron chi connectivity index (χ0n) is 11.5. The molecule has 1 atom stereocenters. The number of hydrogen-bond acceptors (Lipinski definition) is 4. The van der Waals surface area contributed by atoms with Crippen LogP contribution in [0.1, 0.15) is 32.0 Å². The summed E-state index contributed by atoms with van der Waals surface area (Å²) < 4.78 is 1.98. The Kier molecular flexibility index (Phi) is 3.41. The lowest BCUT2D eigenvalue weighted by molar-refractivity contribution is 0.279. The molecule has 0 aromatic carbocycles. The van der Waals surface area contributed by atoms with Crippen molar-refractivity contribution in [3.63, 3.8) is 0 Å². The van der Waals surface area contributed by atoms with Gasteiger partial charge in [-0.25, -0.2) is 4.98 Å². The highest BCUT2D eigenvalue weighted by molar-refractivity contribution is 7.13. The minimum atomic E-state index is 0.148. The zero-order chi connectivity index (χ0) is 13.3. The molecule has 1 aliphatic rings. The van der Waals surface area contributed by atoms with Crippen LogP contribution >= 0.6 is 11.3 Å². The summed E-state index contributed by atoms with van der Waals surface area (Å²) in [4.78, 5) is 5.99. The van der Waals surface area contributed by atoms with E-state index in [0.29, 0.717) is 0 Å². The number of aromatic nitrogens is 3. The predicted octanol–water partition coefficient (Wildman–Crippen LogP) is 2.57. The maximum atomic E-state index is 4.84. The normalized spacial score (nSPS) is 23.7. The highest BCUT2D eigenvalue weighted by Crippen LogP contribution is 2.34. The summed E-state index contributed by atoms with van der Waals surface area (Å²) in [6.07, 6.45) is 3.53. The van der Waals surface area contributed by atoms with Gasteiger partial charge in [0.2, 0.25) is 0 Å². The molecule has 102 valence electrons. The lowest BCUT2D eigenvalue weighted by Crippen LogP contribution is -2.44. The molecule has 5 heteroatoms. The van der Waals surface area contributed by atoms with Gasteiger partial charge in [-0.05, 0) is 37.3 Å². The predicted molar refractivity (Wildman–Crippen MR) is 78.4 cm³/mol. The second kappa shape index (κ2) is 5.06. The monoisotopic (exact) mass is 276 g/mol. The maximum absolute atomic E-state index is 4.84. The highest BCUT2D eigenvalue weighted by atomic mass is 32.1. The lowest BCUT2D eigenvalue weighted by atomic mass is 9.77. The quantitative estimate of drug-likeness (QED) is 0.937. The second-order valence-corrected chi connectivity index (χ2v) is 6.22. The molecule has 2 aromatic heterocycles. The van der Waals surface area contributed by atoms with Crippen LogP contribution in [0.2, 0.25) is 0 Å². The van der Waals surface area contributed by atoms with E-state index in [1.807, 2.05) is 17.8 Å². The van der Waals surface area contributed by atoms with Crippen LogP contribution in [0.5, 0.6) is 0 Å². The molecule has 0 saturated carbocycles. The Hall–Kier alpha value is -1.20. The van der Waals surface area contributed by atoms with Crippen molar-refractivity contribution in [1.29, 1.82) is 0 Å². The summed E-state index contributed by atoms with van der Waals surface area (Å²) in [5.41, 5.74) is 0.148. The molecular weight excluding hydrogens is 256 g/mol. The first-order valence-electron chi connectivity index (χ1n) is 6.91. The van der Waals surface area contributed by atoms with Gasteiger partial charge in [-0.1, -0.05) is 13.0 Å². The third-order valence-electron chi connectivity index (χ3n) is 4.13. The van der Waals surface area contributed by atoms with Gasteiger partial charge in [-0.15, -0.1) is 11.3 Å². The highest BCUT2D eigenvalue weighted by Gasteiger charge is 2.36. The van der Waals surface area contributed by atoms with Crippen LogP contribution in [0.3, 0.4) is 0 Å². The van der Waals surface area contributed by atoms with Crippen molar-refractivity contribution < 1.29 is 0 Å². The minimum Gasteiger partial charge on any atom is -0.316 e. The van der Waals surface area contributed by atoms with E-state index in [0.717, 1.165) is 36.0 Å². The molecule has 0 amide bonds. The van der Waals surface area contributed by atoms with Crippen molar-refractivity contribution >= 4 is 11.3 Å². The molecule has 0 bridgehead atoms. The summed E-state index contributed by atoms with van der Waals surface area (Å²) >= 11 is 1.70. The molecule has 1 saturated heterocycles. The van der Waals surface area contributed by atoms with Crippen LogP contribution in [-0.4, -0.2) is 27.9 Å². The van der Waals surface area contributed by atoms with E-state index >= 15 is 0 Å². The number of rotatable bonds is 3. The Morgan fingerprint density at radius 1 is 1.53 bits per heavy atom. The maximum Gasteiger partial charge on any atom is 0.191 e. The Bertz CT molecular complexity index is 538. The molecule has 1 N–H and O–H groups in total. The van der Waals surface area contributed by atoms with Crippen LogP contribution in [0.25, 0.3) is 10.7 Å². The van der Waals surface area contributed by atoms with Crippen molar-refractivity contribution in [2.75, 3.05) is 13.1 Å². The van der Waals surface area contributed by atoms with E-state index in [-0.39, 0.29) is 5.41 Å². The SMILES string of the molecule is CCC1(c2nc(-c3cccs3)nn2C)CCCNC1. The third-order valence-corrected chi connectivity index (χ3v) is 4.99. The first kappa shape index (κ1) is 12.8. The first-order chi connectivity index (χ1) is 9.25. The molecule has 3 rings (SSSR count). The topological polar surface area (TPSA) is 42.7 Å². The van der Waals surface area contributed by atoms with Crippen molar-refractivity contribution in [3.8, 4) is 10.7 Å². The summed E-state index contributed by atoms with van der Waals surface area (Å²) in [6.45, 7) is 4.39. The van der Waals surface area contributed by atoms with Crippen LogP contribution in [-0.2, 0) is 12.5 Å². The van der Waals surface area contributed by atoms with Gasteiger partial charge in [0.15, 0.2) is 5.82 Å². The van der Waals surface area contributed by atoms with Gasteiger partial charge in [0.25, 0.3) is 0 Å². The van der Waals surface area contributed by atoms with Crippen LogP contribution in [0.15, 0.2) is 17.5 Å². The average Bonchev–Trinajstić information content (AvgIpc) is 3.08. The molecule has 2 aromatic rings. The van der Waals surface area contributed by atoms with E-state index in [9.17, 15) is 0 Å². The fourth-order valence-corrected chi connectivity index (χ4v) is 3.63. The Labute approximate surface area is 117 Å². The number of nitrogens with zero attached hydrogens (tertiary/aromatic N) is 3. The number of nitrogens with one attached hydrogen (secondary N) is 1. The molecule has 19 heavy (non-hydrogen) atoms. The molecule has 1 unspecified atom stereocenters. The van der Waals surface area contributed by atoms with Crippen LogP contribution in [0, 0.1) is 0 Å². The second-order valence-electron chi connectivity index (χ2n) is 5.27. The molecule has 0 radical (unpaired) electrons. The fourth-order valence-electron chi connectivity index (χ4n) is 2.98. The van der Waals surface area contributed by atoms with Crippen molar-refractivity contribution in [3.05, 3.63) is 23.3 Å². The van der Waals surface area contributed by atoms with E-state index < -0.39 is 0 Å². The number of hydrogen-bond donors (Lipinski definition) is 1. The van der Waals surface area contributed by atoms with Crippen molar-refractivity contribution in [1.82, 2.24) is 20.1 Å². The lowest BCUT2D eigenvalue weighted by Gasteiger charge is -2.35. The number of aryl methyl sites for hydroxylation is 1. The smallest absolute Gasteiger partial charge is 0.191 e. The summed E-state index contributed by atoms with van der Waals surface area (Å²) in [6, 6.07) is 4.13. The van der Waals surface area contributed by atoms with E-state index in [2.05, 4.69) is 28.8 Å². The Balaban J connectivity index is 2.00. The Morgan fingerprint density at radius 3 is 3.05 bits per heavy atom. The van der Waals surface area contributed by atoms with Crippen molar-refractivity contribution in [2.24, 2.45) is 7.05 Å². The average molecular weight is 276 g/mol. The van der Waals surface area contributed by atoms with Gasteiger partial charge in [-0.3, -0.25) is 4.68 Å². The fraction of sp³-hybridized carbons (Fsp3) is 0.571. The number of piperidine rings is 1. The van der Waals surface area contributed by atoms with Crippen LogP contribution < -0.4 is 5.32 Å². The standard InChI is InChI=1S/C14H20N4S/c1-3-14(7-5-8-15-10-14)13-16-12(17-18(13)2)11-6-4-9-19-11/h4,6,9,15H,3,5,7-8,10H2,1-2H3. The zero-order valence-corrected chi connectivity index (χ0v) is 12.3. The molecule has 0 spiro atoms. The Morgan fingerprint density at radius 2 is 2.42 bits per heavy atom. The largest absolute Gasteiger partial charge is 0.316 e. The van der Waals surface area contributed by atoms with E-state index in [1.54, 1.807) is 11.3 Å². The third kappa shape index (κ3) is 2.21. The summed E-state index contributed by atoms with van der Waals surface area (Å²) in [5.74, 6) is 2.00. The van der Waals surface area contributed by atoms with Crippen LogP contribution in [0.4, 0.5) is 0 Å². The molecule has 0 aliphatic carbocycles. The van der Waals surface area contributed by atoms with E-state index in [1.165, 1.54) is 12.8 Å². The molecule has 1 aliphatic heterocycles. The van der Waals surface area contributed by atoms with Gasteiger partial charge >= 0.3 is 0 Å². The van der Waals surface area contributed by atoms with Gasteiger partial charge in [-0.2, -0.15) is 5.10 Å². The molecule has 3 heterocycles.